The topological polar surface area (TPSA) is 75.7 Å². The number of hydrogen-bond acceptors (Lipinski definition) is 4. The lowest BCUT2D eigenvalue weighted by Crippen LogP contribution is -2.42. The molecule has 1 N–H and O–H groups in total. The predicted octanol–water partition coefficient (Wildman–Crippen LogP) is 5.39. The van der Waals surface area contributed by atoms with E-state index in [4.69, 9.17) is 4.74 Å². The van der Waals surface area contributed by atoms with Crippen LogP contribution in [0.3, 0.4) is 0 Å². The molecule has 186 valence electrons. The van der Waals surface area contributed by atoms with Crippen LogP contribution >= 0.6 is 0 Å². The van der Waals surface area contributed by atoms with Crippen molar-refractivity contribution >= 4 is 21.6 Å². The van der Waals surface area contributed by atoms with Gasteiger partial charge in [0.1, 0.15) is 12.3 Å². The quantitative estimate of drug-likeness (QED) is 0.433. The highest BCUT2D eigenvalue weighted by molar-refractivity contribution is 7.92. The van der Waals surface area contributed by atoms with Crippen molar-refractivity contribution in [3.63, 3.8) is 0 Å². The highest BCUT2D eigenvalue weighted by atomic mass is 32.2. The number of carbonyl (C=O) groups is 1. The van der Waals surface area contributed by atoms with Crippen molar-refractivity contribution in [2.75, 3.05) is 18.0 Å². The maximum Gasteiger partial charge on any atom is 0.264 e. The van der Waals surface area contributed by atoms with E-state index in [1.54, 1.807) is 37.4 Å². The first-order valence-corrected chi connectivity index (χ1v) is 13.1. The summed E-state index contributed by atoms with van der Waals surface area (Å²) in [6.07, 6.45) is 0.658. The van der Waals surface area contributed by atoms with E-state index in [-0.39, 0.29) is 23.4 Å². The summed E-state index contributed by atoms with van der Waals surface area (Å²) in [4.78, 5) is 13.4. The normalized spacial score (nSPS) is 12.2. The SMILES string of the molecule is CC[C@H](NC(=O)CN(c1cc(C)ccc1C)S(=O)(=O)c1ccc(C)cc1)c1ccc(OC)c(C)c1. The van der Waals surface area contributed by atoms with E-state index in [9.17, 15) is 13.2 Å². The van der Waals surface area contributed by atoms with Gasteiger partial charge < -0.3 is 10.1 Å². The molecule has 0 bridgehead atoms. The molecule has 3 rings (SSSR count). The molecule has 1 amide bonds. The largest absolute Gasteiger partial charge is 0.496 e. The number of hydrogen-bond donors (Lipinski definition) is 1. The fourth-order valence-electron chi connectivity index (χ4n) is 4.04. The molecule has 0 fully saturated rings. The van der Waals surface area contributed by atoms with Crippen LogP contribution in [0.4, 0.5) is 5.69 Å². The monoisotopic (exact) mass is 494 g/mol. The Morgan fingerprint density at radius 3 is 2.17 bits per heavy atom. The van der Waals surface area contributed by atoms with Gasteiger partial charge in [-0.3, -0.25) is 9.10 Å². The smallest absolute Gasteiger partial charge is 0.264 e. The molecule has 0 aliphatic heterocycles. The fraction of sp³-hybridized carbons (Fsp3) is 0.321. The first-order chi connectivity index (χ1) is 16.6. The number of sulfonamides is 1. The van der Waals surface area contributed by atoms with Crippen LogP contribution in [0.25, 0.3) is 0 Å². The summed E-state index contributed by atoms with van der Waals surface area (Å²) in [5.74, 6) is 0.405. The Morgan fingerprint density at radius 1 is 0.914 bits per heavy atom. The molecule has 6 nitrogen and oxygen atoms in total. The second-order valence-corrected chi connectivity index (χ2v) is 10.7. The van der Waals surface area contributed by atoms with Gasteiger partial charge in [0, 0.05) is 0 Å². The Morgan fingerprint density at radius 2 is 1.57 bits per heavy atom. The number of nitrogens with zero attached hydrogens (tertiary/aromatic N) is 1. The maximum atomic E-state index is 13.7. The molecule has 0 spiro atoms. The zero-order chi connectivity index (χ0) is 25.8. The van der Waals surface area contributed by atoms with Crippen molar-refractivity contribution < 1.29 is 17.9 Å². The van der Waals surface area contributed by atoms with Crippen LogP contribution < -0.4 is 14.4 Å². The Kier molecular flexibility index (Phi) is 8.22. The summed E-state index contributed by atoms with van der Waals surface area (Å²) in [5.41, 5.74) is 5.05. The third-order valence-corrected chi connectivity index (χ3v) is 7.87. The summed E-state index contributed by atoms with van der Waals surface area (Å²) in [6.45, 7) is 9.26. The van der Waals surface area contributed by atoms with Gasteiger partial charge >= 0.3 is 0 Å². The van der Waals surface area contributed by atoms with E-state index in [0.29, 0.717) is 12.1 Å². The van der Waals surface area contributed by atoms with Crippen molar-refractivity contribution in [1.29, 1.82) is 0 Å². The maximum absolute atomic E-state index is 13.7. The van der Waals surface area contributed by atoms with E-state index < -0.39 is 10.0 Å². The zero-order valence-electron chi connectivity index (χ0n) is 21.3. The fourth-order valence-corrected chi connectivity index (χ4v) is 5.51. The number of methoxy groups -OCH3 is 1. The summed E-state index contributed by atoms with van der Waals surface area (Å²) in [7, 11) is -2.35. The zero-order valence-corrected chi connectivity index (χ0v) is 22.1. The molecular formula is C28H34N2O4S. The van der Waals surface area contributed by atoms with E-state index >= 15 is 0 Å². The van der Waals surface area contributed by atoms with Gasteiger partial charge in [0.05, 0.1) is 23.7 Å². The lowest BCUT2D eigenvalue weighted by molar-refractivity contribution is -0.120. The molecular weight excluding hydrogens is 460 g/mol. The second kappa shape index (κ2) is 11.0. The van der Waals surface area contributed by atoms with Gasteiger partial charge in [-0.25, -0.2) is 8.42 Å². The van der Waals surface area contributed by atoms with Gasteiger partial charge in [0.2, 0.25) is 5.91 Å². The van der Waals surface area contributed by atoms with Gasteiger partial charge in [-0.2, -0.15) is 0 Å². The van der Waals surface area contributed by atoms with Crippen LogP contribution in [0.15, 0.2) is 65.6 Å². The average Bonchev–Trinajstić information content (AvgIpc) is 2.82. The first kappa shape index (κ1) is 26.3. The highest BCUT2D eigenvalue weighted by Gasteiger charge is 2.29. The van der Waals surface area contributed by atoms with Crippen LogP contribution in [-0.4, -0.2) is 28.0 Å². The number of nitrogens with one attached hydrogen (secondary N) is 1. The van der Waals surface area contributed by atoms with E-state index in [1.165, 1.54) is 4.31 Å². The van der Waals surface area contributed by atoms with E-state index in [2.05, 4.69) is 5.32 Å². The number of ether oxygens (including phenoxy) is 1. The summed E-state index contributed by atoms with van der Waals surface area (Å²) in [6, 6.07) is 17.8. The number of carbonyl (C=O) groups excluding carboxylic acids is 1. The predicted molar refractivity (Wildman–Crippen MR) is 141 cm³/mol. The summed E-state index contributed by atoms with van der Waals surface area (Å²) >= 11 is 0. The molecule has 1 atom stereocenters. The molecule has 3 aromatic rings. The van der Waals surface area contributed by atoms with Crippen LogP contribution in [0.2, 0.25) is 0 Å². The Labute approximate surface area is 209 Å². The number of rotatable bonds is 9. The van der Waals surface area contributed by atoms with Crippen molar-refractivity contribution in [3.8, 4) is 5.75 Å². The van der Waals surface area contributed by atoms with Gasteiger partial charge in [-0.15, -0.1) is 0 Å². The van der Waals surface area contributed by atoms with Crippen LogP contribution in [0.1, 0.15) is 47.2 Å². The van der Waals surface area contributed by atoms with Crippen LogP contribution in [0.5, 0.6) is 5.75 Å². The molecule has 0 saturated heterocycles. The number of amides is 1. The van der Waals surface area contributed by atoms with E-state index in [0.717, 1.165) is 33.6 Å². The Bertz CT molecular complexity index is 1300. The molecule has 7 heteroatoms. The molecule has 0 unspecified atom stereocenters. The van der Waals surface area contributed by atoms with Crippen molar-refractivity contribution in [2.24, 2.45) is 0 Å². The van der Waals surface area contributed by atoms with Crippen LogP contribution in [-0.2, 0) is 14.8 Å². The lowest BCUT2D eigenvalue weighted by atomic mass is 10.0. The van der Waals surface area contributed by atoms with Crippen LogP contribution in [0, 0.1) is 27.7 Å². The van der Waals surface area contributed by atoms with Gasteiger partial charge in [-0.1, -0.05) is 48.9 Å². The average molecular weight is 495 g/mol. The number of anilines is 1. The number of benzene rings is 3. The minimum absolute atomic E-state index is 0.148. The molecule has 0 heterocycles. The molecule has 0 radical (unpaired) electrons. The summed E-state index contributed by atoms with van der Waals surface area (Å²) < 4.78 is 34.0. The second-order valence-electron chi connectivity index (χ2n) is 8.87. The minimum atomic E-state index is -3.97. The van der Waals surface area contributed by atoms with Gasteiger partial charge in [0.15, 0.2) is 0 Å². The standard InChI is InChI=1S/C28H34N2O4S/c1-7-25(23-12-15-27(34-6)22(5)17-23)29-28(31)18-30(26-16-20(3)8-11-21(26)4)35(32,33)24-13-9-19(2)10-14-24/h8-17,25H,7,18H2,1-6H3,(H,29,31)/t25-/m0/s1. The molecule has 0 aliphatic rings. The van der Waals surface area contributed by atoms with Crippen molar-refractivity contribution in [1.82, 2.24) is 5.32 Å². The molecule has 0 saturated carbocycles. The Balaban J connectivity index is 1.95. The molecule has 35 heavy (non-hydrogen) atoms. The third kappa shape index (κ3) is 6.03. The Hall–Kier alpha value is -3.32. The molecule has 0 aromatic heterocycles. The molecule has 3 aromatic carbocycles. The summed E-state index contributed by atoms with van der Waals surface area (Å²) in [5, 5.41) is 3.03. The number of aryl methyl sites for hydroxylation is 4. The van der Waals surface area contributed by atoms with Gasteiger partial charge in [-0.05, 0) is 80.6 Å². The van der Waals surface area contributed by atoms with Crippen molar-refractivity contribution in [3.05, 3.63) is 88.5 Å². The first-order valence-electron chi connectivity index (χ1n) is 11.7. The molecule has 0 aliphatic carbocycles. The van der Waals surface area contributed by atoms with Crippen molar-refractivity contribution in [2.45, 2.75) is 52.0 Å². The lowest BCUT2D eigenvalue weighted by Gasteiger charge is -2.27. The minimum Gasteiger partial charge on any atom is -0.496 e. The highest BCUT2D eigenvalue weighted by Crippen LogP contribution is 2.29. The van der Waals surface area contributed by atoms with E-state index in [1.807, 2.05) is 65.0 Å². The van der Waals surface area contributed by atoms with Gasteiger partial charge in [0.25, 0.3) is 10.0 Å². The third-order valence-electron chi connectivity index (χ3n) is 6.09.